The van der Waals surface area contributed by atoms with E-state index in [4.69, 9.17) is 0 Å². The number of hydrogen-bond donors (Lipinski definition) is 2. The molecule has 2 nitrogen and oxygen atoms in total. The summed E-state index contributed by atoms with van der Waals surface area (Å²) in [5.41, 5.74) is 3.89. The Kier molecular flexibility index (Phi) is 43.6. The number of rotatable bonds is 16. The Bertz CT molecular complexity index is 172. The van der Waals surface area contributed by atoms with Gasteiger partial charge in [-0.15, -0.1) is 0 Å². The van der Waals surface area contributed by atoms with Crippen molar-refractivity contribution in [1.82, 2.24) is 0 Å². The summed E-state index contributed by atoms with van der Waals surface area (Å²) in [7, 11) is 6.25. The van der Waals surface area contributed by atoms with Gasteiger partial charge in [0.15, 0.2) is 0 Å². The second-order valence-corrected chi connectivity index (χ2v) is 7.66. The molecule has 158 valence electrons. The van der Waals surface area contributed by atoms with Crippen LogP contribution in [0.5, 0.6) is 0 Å². The third-order valence-electron chi connectivity index (χ3n) is 4.10. The summed E-state index contributed by atoms with van der Waals surface area (Å²) in [6.07, 6.45) is 23.2. The van der Waals surface area contributed by atoms with Crippen molar-refractivity contribution in [3.8, 4) is 0 Å². The Morgan fingerprint density at radius 2 is 0.680 bits per heavy atom. The van der Waals surface area contributed by atoms with Gasteiger partial charge in [0.2, 0.25) is 0 Å². The molecule has 0 heterocycles. The highest BCUT2D eigenvalue weighted by Gasteiger charge is 1.94. The summed E-state index contributed by atoms with van der Waals surface area (Å²) in [5.74, 6) is 0. The standard InChI is InChI=1S/C18H39N.C3H9N.2BrH/c1-2-3-4-5-6-7-8-9-10-11-12-13-14-15-16-17-18-19;1-4(2)3;;/h2-19H2,1H3;1-3H3;2*1H. The highest BCUT2D eigenvalue weighted by atomic mass is 79.9. The number of halogens is 2. The average molecular weight is 490 g/mol. The minimum Gasteiger partial charge on any atom is -1.00 e. The number of quaternary nitrogens is 2. The fourth-order valence-electron chi connectivity index (χ4n) is 2.72. The summed E-state index contributed by atoms with van der Waals surface area (Å²) < 4.78 is 0. The van der Waals surface area contributed by atoms with Crippen molar-refractivity contribution in [2.24, 2.45) is 0 Å². The Hall–Kier alpha value is 0.880. The SMILES string of the molecule is CCCCCCCCCCCCCCCCCC[NH3+].C[NH+](C)C.[Br-].[Br-]. The van der Waals surface area contributed by atoms with E-state index in [1.54, 1.807) is 0 Å². The molecule has 0 aliphatic carbocycles. The zero-order valence-electron chi connectivity index (χ0n) is 18.0. The molecule has 0 aliphatic rings. The molecule has 0 amide bonds. The van der Waals surface area contributed by atoms with Gasteiger partial charge in [-0.3, -0.25) is 0 Å². The van der Waals surface area contributed by atoms with Crippen molar-refractivity contribution in [2.75, 3.05) is 27.7 Å². The third-order valence-corrected chi connectivity index (χ3v) is 4.10. The molecule has 0 unspecified atom stereocenters. The Morgan fingerprint density at radius 1 is 0.480 bits per heavy atom. The minimum absolute atomic E-state index is 0. The molecule has 0 spiro atoms. The zero-order valence-corrected chi connectivity index (χ0v) is 21.2. The van der Waals surface area contributed by atoms with E-state index in [9.17, 15) is 0 Å². The maximum Gasteiger partial charge on any atom is 0.0739 e. The second kappa shape index (κ2) is 32.5. The first-order valence-corrected chi connectivity index (χ1v) is 10.7. The van der Waals surface area contributed by atoms with Gasteiger partial charge in [0.25, 0.3) is 0 Å². The van der Waals surface area contributed by atoms with Crippen molar-refractivity contribution in [1.29, 1.82) is 0 Å². The van der Waals surface area contributed by atoms with Gasteiger partial charge in [-0.1, -0.05) is 96.8 Å². The van der Waals surface area contributed by atoms with Crippen LogP contribution in [0.25, 0.3) is 0 Å². The van der Waals surface area contributed by atoms with Crippen molar-refractivity contribution < 1.29 is 44.6 Å². The summed E-state index contributed by atoms with van der Waals surface area (Å²) in [6.45, 7) is 3.42. The summed E-state index contributed by atoms with van der Waals surface area (Å²) in [4.78, 5) is 1.42. The van der Waals surface area contributed by atoms with Gasteiger partial charge in [-0.05, 0) is 12.8 Å². The lowest BCUT2D eigenvalue weighted by molar-refractivity contribution is -0.836. The van der Waals surface area contributed by atoms with Gasteiger partial charge >= 0.3 is 0 Å². The van der Waals surface area contributed by atoms with E-state index in [0.29, 0.717) is 0 Å². The molecule has 0 aliphatic heterocycles. The van der Waals surface area contributed by atoms with Crippen LogP contribution in [-0.2, 0) is 0 Å². The molecular formula is C21H50Br2N2. The van der Waals surface area contributed by atoms with Crippen LogP contribution in [0.4, 0.5) is 0 Å². The lowest BCUT2D eigenvalue weighted by Gasteiger charge is -2.03. The van der Waals surface area contributed by atoms with Gasteiger partial charge in [-0.2, -0.15) is 0 Å². The van der Waals surface area contributed by atoms with Crippen LogP contribution in [-0.4, -0.2) is 27.7 Å². The molecule has 0 saturated carbocycles. The maximum absolute atomic E-state index is 3.89. The first-order chi connectivity index (χ1) is 11.1. The van der Waals surface area contributed by atoms with E-state index >= 15 is 0 Å². The van der Waals surface area contributed by atoms with Crippen LogP contribution >= 0.6 is 0 Å². The maximum atomic E-state index is 3.89. The first kappa shape index (κ1) is 33.5. The number of nitrogens with one attached hydrogen (secondary N) is 1. The lowest BCUT2D eigenvalue weighted by Crippen LogP contribution is -3.02. The van der Waals surface area contributed by atoms with Crippen LogP contribution in [0.1, 0.15) is 110 Å². The largest absolute Gasteiger partial charge is 1.00 e. The van der Waals surface area contributed by atoms with Crippen LogP contribution in [0.15, 0.2) is 0 Å². The molecule has 0 atom stereocenters. The molecule has 4 heteroatoms. The predicted octanol–water partition coefficient (Wildman–Crippen LogP) is -1.74. The monoisotopic (exact) mass is 488 g/mol. The molecule has 0 aromatic heterocycles. The molecule has 25 heavy (non-hydrogen) atoms. The molecule has 0 aromatic rings. The average Bonchev–Trinajstić information content (AvgIpc) is 2.50. The Balaban J connectivity index is -0.000000330. The van der Waals surface area contributed by atoms with Crippen molar-refractivity contribution in [3.05, 3.63) is 0 Å². The Morgan fingerprint density at radius 3 is 0.880 bits per heavy atom. The van der Waals surface area contributed by atoms with Gasteiger partial charge in [0.1, 0.15) is 0 Å². The molecule has 0 saturated heterocycles. The van der Waals surface area contributed by atoms with E-state index in [1.165, 1.54) is 108 Å². The van der Waals surface area contributed by atoms with E-state index in [1.807, 2.05) is 0 Å². The van der Waals surface area contributed by atoms with Gasteiger partial charge in [0.05, 0.1) is 27.7 Å². The van der Waals surface area contributed by atoms with Crippen LogP contribution in [0.2, 0.25) is 0 Å². The fraction of sp³-hybridized carbons (Fsp3) is 1.00. The van der Waals surface area contributed by atoms with Crippen LogP contribution in [0, 0.1) is 0 Å². The Labute approximate surface area is 181 Å². The number of unbranched alkanes of at least 4 members (excludes halogenated alkanes) is 15. The molecule has 0 fully saturated rings. The van der Waals surface area contributed by atoms with E-state index in [0.717, 1.165) is 6.54 Å². The smallest absolute Gasteiger partial charge is 0.0739 e. The van der Waals surface area contributed by atoms with Gasteiger partial charge < -0.3 is 44.6 Å². The summed E-state index contributed by atoms with van der Waals surface area (Å²) in [6, 6.07) is 0. The van der Waals surface area contributed by atoms with E-state index < -0.39 is 0 Å². The molecule has 4 N–H and O–H groups in total. The minimum atomic E-state index is 0. The molecule has 0 bridgehead atoms. The topological polar surface area (TPSA) is 32.1 Å². The summed E-state index contributed by atoms with van der Waals surface area (Å²) >= 11 is 0. The van der Waals surface area contributed by atoms with Crippen molar-refractivity contribution in [3.63, 3.8) is 0 Å². The predicted molar refractivity (Wildman–Crippen MR) is 106 cm³/mol. The van der Waals surface area contributed by atoms with E-state index in [-0.39, 0.29) is 34.0 Å². The van der Waals surface area contributed by atoms with Gasteiger partial charge in [-0.25, -0.2) is 0 Å². The highest BCUT2D eigenvalue weighted by Crippen LogP contribution is 2.13. The molecule has 0 rings (SSSR count). The molecular weight excluding hydrogens is 440 g/mol. The van der Waals surface area contributed by atoms with Crippen LogP contribution in [0.3, 0.4) is 0 Å². The normalized spacial score (nSPS) is 9.84. The van der Waals surface area contributed by atoms with Crippen molar-refractivity contribution >= 4 is 0 Å². The van der Waals surface area contributed by atoms with Gasteiger partial charge in [0, 0.05) is 0 Å². The molecule has 0 radical (unpaired) electrons. The molecule has 0 aromatic carbocycles. The highest BCUT2D eigenvalue weighted by molar-refractivity contribution is 4.49. The van der Waals surface area contributed by atoms with Crippen molar-refractivity contribution in [2.45, 2.75) is 110 Å². The number of hydrogen-bond acceptors (Lipinski definition) is 0. The van der Waals surface area contributed by atoms with Crippen LogP contribution < -0.4 is 44.6 Å². The third kappa shape index (κ3) is 45.7. The second-order valence-electron chi connectivity index (χ2n) is 7.66. The quantitative estimate of drug-likeness (QED) is 0.241. The zero-order chi connectivity index (χ0) is 17.6. The first-order valence-electron chi connectivity index (χ1n) is 10.7. The summed E-state index contributed by atoms with van der Waals surface area (Å²) in [5, 5.41) is 0. The van der Waals surface area contributed by atoms with E-state index in [2.05, 4.69) is 33.8 Å². The lowest BCUT2D eigenvalue weighted by atomic mass is 10.0. The fourth-order valence-corrected chi connectivity index (χ4v) is 2.72.